The Balaban J connectivity index is 0.000000968. The fraction of sp³-hybridized carbons (Fsp3) is 0.250. The summed E-state index contributed by atoms with van der Waals surface area (Å²) in [6, 6.07) is 16.9. The van der Waals surface area contributed by atoms with Crippen LogP contribution in [0.25, 0.3) is 10.8 Å². The molecule has 3 aromatic carbocycles. The molecule has 3 aromatic rings. The first kappa shape index (κ1) is 23.9. The summed E-state index contributed by atoms with van der Waals surface area (Å²) in [7, 11) is 0. The maximum absolute atomic E-state index is 12.8. The first-order valence-electron chi connectivity index (χ1n) is 10.2. The second-order valence-electron chi connectivity index (χ2n) is 7.35. The Labute approximate surface area is 187 Å². The quantitative estimate of drug-likeness (QED) is 0.487. The van der Waals surface area contributed by atoms with Gasteiger partial charge in [-0.2, -0.15) is 0 Å². The molecule has 1 fully saturated rings. The van der Waals surface area contributed by atoms with Crippen LogP contribution in [0.1, 0.15) is 35.2 Å². The van der Waals surface area contributed by atoms with Crippen LogP contribution in [0.5, 0.6) is 11.5 Å². The van der Waals surface area contributed by atoms with Crippen molar-refractivity contribution in [2.24, 2.45) is 0 Å². The van der Waals surface area contributed by atoms with E-state index >= 15 is 0 Å². The summed E-state index contributed by atoms with van der Waals surface area (Å²) in [6.45, 7) is -0.149. The molecule has 1 aliphatic carbocycles. The molecule has 9 heteroatoms. The minimum Gasteiger partial charge on any atom is -0.487 e. The van der Waals surface area contributed by atoms with Gasteiger partial charge in [0.25, 0.3) is 12.4 Å². The molecule has 1 aliphatic rings. The van der Waals surface area contributed by atoms with Gasteiger partial charge in [-0.25, -0.2) is 0 Å². The van der Waals surface area contributed by atoms with Crippen LogP contribution in [0, 0.1) is 0 Å². The number of ether oxygens (including phenoxy) is 2. The highest BCUT2D eigenvalue weighted by molar-refractivity contribution is 6.04. The molecule has 0 bridgehead atoms. The minimum atomic E-state index is -4.73. The number of nitrogens with one attached hydrogen (secondary N) is 1. The average molecular weight is 461 g/mol. The zero-order valence-electron chi connectivity index (χ0n) is 17.5. The third-order valence-corrected chi connectivity index (χ3v) is 5.10. The van der Waals surface area contributed by atoms with Crippen LogP contribution < -0.4 is 14.8 Å². The van der Waals surface area contributed by atoms with Crippen molar-refractivity contribution >= 4 is 23.2 Å². The molecule has 0 atom stereocenters. The monoisotopic (exact) mass is 461 g/mol. The molecule has 0 spiro atoms. The molecule has 1 amide bonds. The Hall–Kier alpha value is -3.75. The van der Waals surface area contributed by atoms with Gasteiger partial charge in [-0.3, -0.25) is 9.59 Å². The van der Waals surface area contributed by atoms with Gasteiger partial charge >= 0.3 is 6.36 Å². The van der Waals surface area contributed by atoms with Crippen LogP contribution in [-0.4, -0.2) is 29.9 Å². The van der Waals surface area contributed by atoms with Crippen molar-refractivity contribution in [3.63, 3.8) is 0 Å². The lowest BCUT2D eigenvalue weighted by atomic mass is 9.92. The van der Waals surface area contributed by atoms with Crippen molar-refractivity contribution in [3.8, 4) is 11.5 Å². The highest BCUT2D eigenvalue weighted by Gasteiger charge is 2.31. The summed E-state index contributed by atoms with van der Waals surface area (Å²) in [5.41, 5.74) is 1.10. The van der Waals surface area contributed by atoms with Crippen molar-refractivity contribution in [3.05, 3.63) is 71.8 Å². The fourth-order valence-corrected chi connectivity index (χ4v) is 3.34. The van der Waals surface area contributed by atoms with Gasteiger partial charge in [0.2, 0.25) is 0 Å². The zero-order chi connectivity index (χ0) is 23.8. The summed E-state index contributed by atoms with van der Waals surface area (Å²) < 4.78 is 46.8. The number of hydrogen-bond acceptors (Lipinski definition) is 4. The highest BCUT2D eigenvalue weighted by atomic mass is 19.4. The molecule has 0 aliphatic heterocycles. The van der Waals surface area contributed by atoms with E-state index in [1.807, 2.05) is 30.3 Å². The van der Waals surface area contributed by atoms with Crippen LogP contribution in [0.4, 0.5) is 13.2 Å². The molecule has 6 nitrogen and oxygen atoms in total. The molecule has 2 N–H and O–H groups in total. The largest absolute Gasteiger partial charge is 0.573 e. The summed E-state index contributed by atoms with van der Waals surface area (Å²) in [4.78, 5) is 21.1. The van der Waals surface area contributed by atoms with Crippen LogP contribution in [-0.2, 0) is 11.4 Å². The smallest absolute Gasteiger partial charge is 0.487 e. The standard InChI is InChI=1S/C23H20F3NO3.CH2O2/c24-23(25,26)30-18-11-8-15(9-12-18)14-29-21-19-7-2-1-4-16(19)10-13-20(21)22(28)27-17-5-3-6-17;2-1-3/h1-2,4,7-13,17H,3,5-6,14H2,(H,27,28);1H,(H,2,3). The van der Waals surface area contributed by atoms with Crippen molar-refractivity contribution in [2.75, 3.05) is 0 Å². The number of carbonyl (C=O) groups excluding carboxylic acids is 1. The highest BCUT2D eigenvalue weighted by Crippen LogP contribution is 2.32. The fourth-order valence-electron chi connectivity index (χ4n) is 3.34. The van der Waals surface area contributed by atoms with Gasteiger partial charge in [0.1, 0.15) is 18.1 Å². The van der Waals surface area contributed by atoms with Gasteiger partial charge in [0, 0.05) is 11.4 Å². The average Bonchev–Trinajstić information content (AvgIpc) is 2.75. The van der Waals surface area contributed by atoms with E-state index in [9.17, 15) is 18.0 Å². The molecule has 0 heterocycles. The van der Waals surface area contributed by atoms with Gasteiger partial charge in [-0.15, -0.1) is 13.2 Å². The lowest BCUT2D eigenvalue weighted by molar-refractivity contribution is -0.274. The third-order valence-electron chi connectivity index (χ3n) is 5.10. The number of halogens is 3. The summed E-state index contributed by atoms with van der Waals surface area (Å²) in [5.74, 6) is -0.0214. The van der Waals surface area contributed by atoms with E-state index in [-0.39, 0.29) is 30.8 Å². The molecule has 4 rings (SSSR count). The minimum absolute atomic E-state index is 0.101. The normalized spacial score (nSPS) is 13.3. The molecular weight excluding hydrogens is 439 g/mol. The predicted molar refractivity (Wildman–Crippen MR) is 115 cm³/mol. The molecular formula is C24H22F3NO5. The number of carbonyl (C=O) groups is 2. The molecule has 0 unspecified atom stereocenters. The van der Waals surface area contributed by atoms with E-state index in [2.05, 4.69) is 10.1 Å². The van der Waals surface area contributed by atoms with Crippen molar-refractivity contribution in [2.45, 2.75) is 38.3 Å². The van der Waals surface area contributed by atoms with Crippen molar-refractivity contribution in [1.29, 1.82) is 0 Å². The maximum atomic E-state index is 12.8. The van der Waals surface area contributed by atoms with E-state index in [1.165, 1.54) is 24.3 Å². The van der Waals surface area contributed by atoms with Gasteiger partial charge < -0.3 is 19.9 Å². The number of carboxylic acid groups (broad SMARTS) is 1. The first-order chi connectivity index (χ1) is 15.8. The second-order valence-corrected chi connectivity index (χ2v) is 7.35. The first-order valence-corrected chi connectivity index (χ1v) is 10.2. The van der Waals surface area contributed by atoms with Crippen LogP contribution in [0.2, 0.25) is 0 Å². The summed E-state index contributed by atoms with van der Waals surface area (Å²) in [5, 5.41) is 11.6. The van der Waals surface area contributed by atoms with Crippen LogP contribution >= 0.6 is 0 Å². The van der Waals surface area contributed by atoms with E-state index in [0.29, 0.717) is 16.9 Å². The molecule has 1 saturated carbocycles. The molecule has 0 aromatic heterocycles. The molecule has 33 heavy (non-hydrogen) atoms. The topological polar surface area (TPSA) is 84.9 Å². The van der Waals surface area contributed by atoms with Crippen LogP contribution in [0.15, 0.2) is 60.7 Å². The number of amides is 1. The number of alkyl halides is 3. The Kier molecular flexibility index (Phi) is 7.76. The van der Waals surface area contributed by atoms with Gasteiger partial charge in [0.15, 0.2) is 0 Å². The van der Waals surface area contributed by atoms with Crippen molar-refractivity contribution < 1.29 is 37.3 Å². The van der Waals surface area contributed by atoms with Crippen LogP contribution in [0.3, 0.4) is 0 Å². The number of hydrogen-bond donors (Lipinski definition) is 2. The van der Waals surface area contributed by atoms with E-state index in [4.69, 9.17) is 14.6 Å². The lowest BCUT2D eigenvalue weighted by Crippen LogP contribution is -2.39. The summed E-state index contributed by atoms with van der Waals surface area (Å²) >= 11 is 0. The lowest BCUT2D eigenvalue weighted by Gasteiger charge is -2.27. The predicted octanol–water partition coefficient (Wildman–Crippen LogP) is 5.30. The van der Waals surface area contributed by atoms with E-state index in [0.717, 1.165) is 30.0 Å². The van der Waals surface area contributed by atoms with Gasteiger partial charge in [0.05, 0.1) is 5.56 Å². The maximum Gasteiger partial charge on any atom is 0.573 e. The Morgan fingerprint density at radius 1 is 1.06 bits per heavy atom. The SMILES string of the molecule is O=C(NC1CCC1)c1ccc2ccccc2c1OCc1ccc(OC(F)(F)F)cc1.O=CO. The van der Waals surface area contributed by atoms with Gasteiger partial charge in [-0.05, 0) is 48.4 Å². The number of benzene rings is 3. The Bertz CT molecular complexity index is 1100. The van der Waals surface area contributed by atoms with E-state index in [1.54, 1.807) is 6.07 Å². The Morgan fingerprint density at radius 3 is 2.33 bits per heavy atom. The molecule has 174 valence electrons. The zero-order valence-corrected chi connectivity index (χ0v) is 17.5. The van der Waals surface area contributed by atoms with Gasteiger partial charge in [-0.1, -0.05) is 42.5 Å². The number of fused-ring (bicyclic) bond motifs is 1. The van der Waals surface area contributed by atoms with E-state index < -0.39 is 6.36 Å². The third kappa shape index (κ3) is 6.61. The number of rotatable bonds is 6. The molecule has 0 saturated heterocycles. The van der Waals surface area contributed by atoms with Crippen molar-refractivity contribution in [1.82, 2.24) is 5.32 Å². The second kappa shape index (κ2) is 10.7. The summed E-state index contributed by atoms with van der Waals surface area (Å²) in [6.07, 6.45) is -1.67. The Morgan fingerprint density at radius 2 is 1.73 bits per heavy atom. The molecule has 0 radical (unpaired) electrons.